The predicted octanol–water partition coefficient (Wildman–Crippen LogP) is 3.61. The summed E-state index contributed by atoms with van der Waals surface area (Å²) in [5.41, 5.74) is 0.393. The van der Waals surface area contributed by atoms with Gasteiger partial charge in [0.15, 0.2) is 5.65 Å². The zero-order valence-corrected chi connectivity index (χ0v) is 16.9. The first-order valence-electron chi connectivity index (χ1n) is 10.2. The van der Waals surface area contributed by atoms with Gasteiger partial charge in [0.25, 0.3) is 6.43 Å². The predicted molar refractivity (Wildman–Crippen MR) is 107 cm³/mol. The van der Waals surface area contributed by atoms with Crippen molar-refractivity contribution in [1.29, 1.82) is 0 Å². The minimum atomic E-state index is -4.43. The van der Waals surface area contributed by atoms with Gasteiger partial charge in [0.2, 0.25) is 0 Å². The molecule has 0 radical (unpaired) electrons. The van der Waals surface area contributed by atoms with Gasteiger partial charge in [-0.05, 0) is 18.9 Å². The van der Waals surface area contributed by atoms with E-state index in [-0.39, 0.29) is 5.41 Å². The van der Waals surface area contributed by atoms with E-state index in [1.165, 1.54) is 12.4 Å². The smallest absolute Gasteiger partial charge is 0.370 e. The minimum Gasteiger partial charge on any atom is -0.370 e. The van der Waals surface area contributed by atoms with Crippen molar-refractivity contribution in [2.24, 2.45) is 5.41 Å². The second-order valence-electron chi connectivity index (χ2n) is 8.47. The quantitative estimate of drug-likeness (QED) is 0.563. The lowest BCUT2D eigenvalue weighted by atomic mass is 9.73. The largest absolute Gasteiger partial charge is 0.417 e. The van der Waals surface area contributed by atoms with Crippen LogP contribution in [0.25, 0.3) is 11.2 Å². The van der Waals surface area contributed by atoms with Gasteiger partial charge in [0, 0.05) is 37.8 Å². The Morgan fingerprint density at radius 1 is 1.03 bits per heavy atom. The lowest BCUT2D eigenvalue weighted by Gasteiger charge is -2.55. The summed E-state index contributed by atoms with van der Waals surface area (Å²) in [7, 11) is 0. The number of halogens is 5. The van der Waals surface area contributed by atoms with E-state index in [2.05, 4.69) is 20.1 Å². The minimum absolute atomic E-state index is 0.0770. The molecule has 3 aromatic heterocycles. The Morgan fingerprint density at radius 3 is 2.56 bits per heavy atom. The molecule has 0 N–H and O–H groups in total. The molecule has 0 saturated carbocycles. The highest BCUT2D eigenvalue weighted by Crippen LogP contribution is 2.42. The summed E-state index contributed by atoms with van der Waals surface area (Å²) in [6.45, 7) is 2.07. The summed E-state index contributed by atoms with van der Waals surface area (Å²) < 4.78 is 65.9. The molecule has 0 aliphatic carbocycles. The van der Waals surface area contributed by atoms with Gasteiger partial charge in [0.05, 0.1) is 29.8 Å². The lowest BCUT2D eigenvalue weighted by Crippen LogP contribution is -2.63. The molecule has 170 valence electrons. The van der Waals surface area contributed by atoms with E-state index in [1.807, 2.05) is 9.80 Å². The second kappa shape index (κ2) is 7.52. The zero-order valence-electron chi connectivity index (χ0n) is 16.9. The van der Waals surface area contributed by atoms with Gasteiger partial charge in [0.1, 0.15) is 17.9 Å². The summed E-state index contributed by atoms with van der Waals surface area (Å²) in [5, 5.41) is 3.93. The highest BCUT2D eigenvalue weighted by Gasteiger charge is 2.46. The fraction of sp³-hybridized carbons (Fsp3) is 0.500. The topological polar surface area (TPSA) is 63.0 Å². The first-order chi connectivity index (χ1) is 15.2. The number of piperidine rings is 1. The van der Waals surface area contributed by atoms with E-state index >= 15 is 0 Å². The fourth-order valence-corrected chi connectivity index (χ4v) is 4.62. The Kier molecular flexibility index (Phi) is 4.90. The number of anilines is 2. The van der Waals surface area contributed by atoms with Crippen LogP contribution in [0.4, 0.5) is 33.5 Å². The number of nitrogens with zero attached hydrogens (tertiary/aromatic N) is 7. The van der Waals surface area contributed by atoms with Crippen LogP contribution in [-0.2, 0) is 12.7 Å². The fourth-order valence-electron chi connectivity index (χ4n) is 4.62. The molecule has 5 rings (SSSR count). The van der Waals surface area contributed by atoms with Crippen LogP contribution < -0.4 is 9.80 Å². The number of rotatable bonds is 4. The van der Waals surface area contributed by atoms with Crippen LogP contribution in [0.3, 0.4) is 0 Å². The highest BCUT2D eigenvalue weighted by molar-refractivity contribution is 5.71. The SMILES string of the molecule is FC(F)Cn1ncc2ncc(N3CC4(CCCN(c5cncc(C(F)(F)F)c5)C4)C3)nc21. The number of alkyl halides is 5. The van der Waals surface area contributed by atoms with Gasteiger partial charge in [-0.3, -0.25) is 4.98 Å². The molecule has 7 nitrogen and oxygen atoms in total. The molecule has 12 heteroatoms. The van der Waals surface area contributed by atoms with Gasteiger partial charge in [-0.2, -0.15) is 18.3 Å². The Balaban J connectivity index is 1.31. The number of hydrogen-bond acceptors (Lipinski definition) is 6. The van der Waals surface area contributed by atoms with E-state index < -0.39 is 24.7 Å². The molecule has 0 bridgehead atoms. The maximum absolute atomic E-state index is 13.1. The first kappa shape index (κ1) is 20.8. The van der Waals surface area contributed by atoms with Crippen molar-refractivity contribution in [2.75, 3.05) is 36.0 Å². The van der Waals surface area contributed by atoms with Gasteiger partial charge < -0.3 is 9.80 Å². The van der Waals surface area contributed by atoms with Gasteiger partial charge in [-0.1, -0.05) is 0 Å². The molecule has 2 saturated heterocycles. The number of pyridine rings is 1. The van der Waals surface area contributed by atoms with Crippen LogP contribution in [0.1, 0.15) is 18.4 Å². The molecule has 0 amide bonds. The van der Waals surface area contributed by atoms with Gasteiger partial charge in [-0.25, -0.2) is 23.4 Å². The Bertz CT molecular complexity index is 1120. The summed E-state index contributed by atoms with van der Waals surface area (Å²) in [6.07, 6.45) is 0.138. The average molecular weight is 453 g/mol. The number of aromatic nitrogens is 5. The van der Waals surface area contributed by atoms with Crippen LogP contribution in [0, 0.1) is 5.41 Å². The molecule has 0 aromatic carbocycles. The number of fused-ring (bicyclic) bond motifs is 1. The monoisotopic (exact) mass is 453 g/mol. The third-order valence-corrected chi connectivity index (χ3v) is 6.10. The molecule has 2 aliphatic rings. The average Bonchev–Trinajstić information content (AvgIpc) is 3.13. The Morgan fingerprint density at radius 2 is 1.81 bits per heavy atom. The summed E-state index contributed by atoms with van der Waals surface area (Å²) in [6, 6.07) is 1.14. The van der Waals surface area contributed by atoms with Crippen LogP contribution in [-0.4, -0.2) is 57.3 Å². The molecule has 1 spiro atoms. The van der Waals surface area contributed by atoms with Crippen LogP contribution in [0.15, 0.2) is 30.9 Å². The van der Waals surface area contributed by atoms with Crippen LogP contribution in [0.2, 0.25) is 0 Å². The second-order valence-corrected chi connectivity index (χ2v) is 8.47. The van der Waals surface area contributed by atoms with E-state index in [4.69, 9.17) is 0 Å². The van der Waals surface area contributed by atoms with Crippen molar-refractivity contribution in [2.45, 2.75) is 32.0 Å². The first-order valence-corrected chi connectivity index (χ1v) is 10.2. The number of hydrogen-bond donors (Lipinski definition) is 0. The van der Waals surface area contributed by atoms with Crippen molar-refractivity contribution in [1.82, 2.24) is 24.7 Å². The van der Waals surface area contributed by atoms with Gasteiger partial charge in [-0.15, -0.1) is 0 Å². The summed E-state index contributed by atoms with van der Waals surface area (Å²) >= 11 is 0. The van der Waals surface area contributed by atoms with Crippen molar-refractivity contribution in [3.63, 3.8) is 0 Å². The zero-order chi connectivity index (χ0) is 22.5. The molecule has 5 heterocycles. The molecular formula is C20H20F5N7. The standard InChI is InChI=1S/C20H20F5N7/c21-16(22)9-32-18-15(7-28-32)27-8-17(29-18)31-11-19(12-31)2-1-3-30(10-19)14-4-13(5-26-6-14)20(23,24)25/h4-8,16H,1-3,9-12H2. The highest BCUT2D eigenvalue weighted by atomic mass is 19.4. The maximum Gasteiger partial charge on any atom is 0.417 e. The van der Waals surface area contributed by atoms with E-state index in [0.717, 1.165) is 29.8 Å². The molecule has 2 fully saturated rings. The normalized spacial score (nSPS) is 18.6. The van der Waals surface area contributed by atoms with Gasteiger partial charge >= 0.3 is 6.18 Å². The molecule has 2 aliphatic heterocycles. The third-order valence-electron chi connectivity index (χ3n) is 6.10. The molecule has 0 atom stereocenters. The molecule has 32 heavy (non-hydrogen) atoms. The summed E-state index contributed by atoms with van der Waals surface area (Å²) in [5.74, 6) is 0.581. The Labute approximate surface area is 179 Å². The van der Waals surface area contributed by atoms with E-state index in [1.54, 1.807) is 6.20 Å². The third kappa shape index (κ3) is 3.82. The Hall–Kier alpha value is -3.05. The van der Waals surface area contributed by atoms with Crippen LogP contribution >= 0.6 is 0 Å². The lowest BCUT2D eigenvalue weighted by molar-refractivity contribution is -0.137. The molecule has 0 unspecified atom stereocenters. The van der Waals surface area contributed by atoms with E-state index in [0.29, 0.717) is 48.8 Å². The van der Waals surface area contributed by atoms with Crippen molar-refractivity contribution < 1.29 is 22.0 Å². The summed E-state index contributed by atoms with van der Waals surface area (Å²) in [4.78, 5) is 16.5. The van der Waals surface area contributed by atoms with Crippen molar-refractivity contribution in [3.05, 3.63) is 36.4 Å². The molecule has 3 aromatic rings. The van der Waals surface area contributed by atoms with Crippen molar-refractivity contribution in [3.8, 4) is 0 Å². The maximum atomic E-state index is 13.1. The van der Waals surface area contributed by atoms with Crippen LogP contribution in [0.5, 0.6) is 0 Å². The van der Waals surface area contributed by atoms with E-state index in [9.17, 15) is 22.0 Å². The van der Waals surface area contributed by atoms with Crippen molar-refractivity contribution >= 4 is 22.7 Å². The molecular weight excluding hydrogens is 433 g/mol.